The van der Waals surface area contributed by atoms with Crippen LogP contribution in [0, 0.1) is 0 Å². The molecule has 56 valence electrons. The molecule has 0 aliphatic carbocycles. The van der Waals surface area contributed by atoms with Gasteiger partial charge < -0.3 is 4.74 Å². The zero-order valence-electron chi connectivity index (χ0n) is 5.60. The lowest BCUT2D eigenvalue weighted by molar-refractivity contribution is 0.415. The van der Waals surface area contributed by atoms with Crippen LogP contribution < -0.4 is 4.74 Å². The highest BCUT2D eigenvalue weighted by Crippen LogP contribution is 2.21. The maximum atomic E-state index is 5.70. The fourth-order valence-electron chi connectivity index (χ4n) is 0.610. The Kier molecular flexibility index (Phi) is 4.32. The van der Waals surface area contributed by atoms with Crippen LogP contribution in [-0.2, 0) is 0 Å². The average molecular weight is 177 g/mol. The van der Waals surface area contributed by atoms with Crippen molar-refractivity contribution in [2.75, 3.05) is 7.11 Å². The Morgan fingerprint density at radius 2 is 1.90 bits per heavy atom. The Balaban J connectivity index is 0.000000810. The Morgan fingerprint density at radius 3 is 2.30 bits per heavy atom. The molecule has 0 unspecified atom stereocenters. The summed E-state index contributed by atoms with van der Waals surface area (Å²) in [5.74, 6) is 0.721. The molecule has 0 atom stereocenters. The number of hydrogen-bond donors (Lipinski definition) is 0. The van der Waals surface area contributed by atoms with E-state index in [2.05, 4.69) is 0 Å². The minimum atomic E-state index is 0. The number of halogens is 1. The van der Waals surface area contributed by atoms with Crippen molar-refractivity contribution in [2.45, 2.75) is 0 Å². The normalized spacial score (nSPS) is 8.20. The molecule has 1 aromatic rings. The fourth-order valence-corrected chi connectivity index (χ4v) is 0.823. The summed E-state index contributed by atoms with van der Waals surface area (Å²) in [5, 5.41) is 0.653. The minimum absolute atomic E-state index is 0. The Morgan fingerprint density at radius 1 is 1.30 bits per heavy atom. The molecule has 0 aliphatic heterocycles. The summed E-state index contributed by atoms with van der Waals surface area (Å²) in [6.07, 6.45) is 0. The van der Waals surface area contributed by atoms with E-state index in [0.717, 1.165) is 5.75 Å². The van der Waals surface area contributed by atoms with Gasteiger partial charge in [0.1, 0.15) is 5.75 Å². The molecule has 3 heteroatoms. The van der Waals surface area contributed by atoms with Crippen LogP contribution in [0.4, 0.5) is 0 Å². The van der Waals surface area contributed by atoms with E-state index in [0.29, 0.717) is 5.02 Å². The number of methoxy groups -OCH3 is 1. The second kappa shape index (κ2) is 4.47. The van der Waals surface area contributed by atoms with Gasteiger partial charge >= 0.3 is 0 Å². The lowest BCUT2D eigenvalue weighted by Gasteiger charge is -1.98. The van der Waals surface area contributed by atoms with Gasteiger partial charge in [0.2, 0.25) is 0 Å². The molecule has 0 fully saturated rings. The first-order valence-electron chi connectivity index (χ1n) is 2.63. The average Bonchev–Trinajstić information content (AvgIpc) is 1.89. The molecule has 0 N–H and O–H groups in total. The summed E-state index contributed by atoms with van der Waals surface area (Å²) in [7, 11) is 1.60. The van der Waals surface area contributed by atoms with E-state index < -0.39 is 0 Å². The molecule has 0 saturated carbocycles. The van der Waals surface area contributed by atoms with Crippen molar-refractivity contribution in [1.82, 2.24) is 0 Å². The summed E-state index contributed by atoms with van der Waals surface area (Å²) >= 11 is 5.70. The van der Waals surface area contributed by atoms with Crippen LogP contribution in [0.5, 0.6) is 5.75 Å². The lowest BCUT2D eigenvalue weighted by atomic mass is 10.3. The summed E-state index contributed by atoms with van der Waals surface area (Å²) < 4.78 is 4.91. The van der Waals surface area contributed by atoms with E-state index in [9.17, 15) is 0 Å². The third-order valence-electron chi connectivity index (χ3n) is 1.06. The quantitative estimate of drug-likeness (QED) is 0.639. The summed E-state index contributed by atoms with van der Waals surface area (Å²) in [6.45, 7) is 0. The van der Waals surface area contributed by atoms with Crippen LogP contribution in [0.25, 0.3) is 0 Å². The molecule has 0 heterocycles. The standard InChI is InChI=1S/C7H7ClO.H2S/c1-9-7-5-3-2-4-6(7)8;/h2-5H,1H3;1H2. The van der Waals surface area contributed by atoms with Crippen molar-refractivity contribution in [2.24, 2.45) is 0 Å². The summed E-state index contributed by atoms with van der Waals surface area (Å²) in [6, 6.07) is 7.36. The van der Waals surface area contributed by atoms with Crippen LogP contribution in [0.15, 0.2) is 24.3 Å². The molecular formula is C7H9ClOS. The van der Waals surface area contributed by atoms with Gasteiger partial charge in [-0.1, -0.05) is 23.7 Å². The molecule has 0 saturated heterocycles. The molecule has 0 aliphatic rings. The predicted octanol–water partition coefficient (Wildman–Crippen LogP) is 2.46. The van der Waals surface area contributed by atoms with Crippen molar-refractivity contribution < 1.29 is 4.74 Å². The fraction of sp³-hybridized carbons (Fsp3) is 0.143. The maximum absolute atomic E-state index is 5.70. The van der Waals surface area contributed by atoms with Crippen LogP contribution >= 0.6 is 25.1 Å². The molecule has 0 aromatic heterocycles. The van der Waals surface area contributed by atoms with Gasteiger partial charge in [-0.3, -0.25) is 0 Å². The second-order valence-corrected chi connectivity index (χ2v) is 2.04. The topological polar surface area (TPSA) is 9.23 Å². The molecular weight excluding hydrogens is 168 g/mol. The molecule has 0 bridgehead atoms. The van der Waals surface area contributed by atoms with Crippen molar-refractivity contribution in [1.29, 1.82) is 0 Å². The van der Waals surface area contributed by atoms with Crippen molar-refractivity contribution >= 4 is 25.1 Å². The van der Waals surface area contributed by atoms with Gasteiger partial charge in [0.25, 0.3) is 0 Å². The molecule has 0 spiro atoms. The van der Waals surface area contributed by atoms with E-state index in [-0.39, 0.29) is 13.5 Å². The maximum Gasteiger partial charge on any atom is 0.137 e. The van der Waals surface area contributed by atoms with E-state index in [1.807, 2.05) is 18.2 Å². The van der Waals surface area contributed by atoms with Crippen molar-refractivity contribution in [3.05, 3.63) is 29.3 Å². The van der Waals surface area contributed by atoms with Crippen LogP contribution in [-0.4, -0.2) is 7.11 Å². The van der Waals surface area contributed by atoms with Gasteiger partial charge in [-0.15, -0.1) is 0 Å². The smallest absolute Gasteiger partial charge is 0.137 e. The summed E-state index contributed by atoms with van der Waals surface area (Å²) in [4.78, 5) is 0. The number of ether oxygens (including phenoxy) is 1. The number of rotatable bonds is 1. The zero-order chi connectivity index (χ0) is 6.69. The monoisotopic (exact) mass is 176 g/mol. The van der Waals surface area contributed by atoms with Gasteiger partial charge in [-0.05, 0) is 12.1 Å². The van der Waals surface area contributed by atoms with Crippen molar-refractivity contribution in [3.8, 4) is 5.75 Å². The van der Waals surface area contributed by atoms with Crippen molar-refractivity contribution in [3.63, 3.8) is 0 Å². The highest BCUT2D eigenvalue weighted by atomic mass is 35.5. The lowest BCUT2D eigenvalue weighted by Crippen LogP contribution is -1.81. The largest absolute Gasteiger partial charge is 0.495 e. The first kappa shape index (κ1) is 9.66. The zero-order valence-corrected chi connectivity index (χ0v) is 7.35. The molecule has 0 radical (unpaired) electrons. The third kappa shape index (κ3) is 2.12. The first-order chi connectivity index (χ1) is 4.34. The third-order valence-corrected chi connectivity index (χ3v) is 1.37. The molecule has 10 heavy (non-hydrogen) atoms. The second-order valence-electron chi connectivity index (χ2n) is 1.63. The van der Waals surface area contributed by atoms with Gasteiger partial charge in [0, 0.05) is 0 Å². The first-order valence-corrected chi connectivity index (χ1v) is 3.01. The Hall–Kier alpha value is -0.340. The van der Waals surface area contributed by atoms with E-state index in [1.165, 1.54) is 0 Å². The van der Waals surface area contributed by atoms with Crippen LogP contribution in [0.2, 0.25) is 5.02 Å². The van der Waals surface area contributed by atoms with Gasteiger partial charge in [-0.2, -0.15) is 13.5 Å². The van der Waals surface area contributed by atoms with E-state index in [1.54, 1.807) is 13.2 Å². The van der Waals surface area contributed by atoms with Crippen LogP contribution in [0.1, 0.15) is 0 Å². The number of benzene rings is 1. The van der Waals surface area contributed by atoms with Crippen LogP contribution in [0.3, 0.4) is 0 Å². The van der Waals surface area contributed by atoms with Gasteiger partial charge in [-0.25, -0.2) is 0 Å². The van der Waals surface area contributed by atoms with Gasteiger partial charge in [0.15, 0.2) is 0 Å². The SMILES string of the molecule is COc1ccccc1Cl.S. The molecule has 0 amide bonds. The number of hydrogen-bond acceptors (Lipinski definition) is 1. The van der Waals surface area contributed by atoms with E-state index in [4.69, 9.17) is 16.3 Å². The minimum Gasteiger partial charge on any atom is -0.495 e. The molecule has 1 aromatic carbocycles. The Bertz CT molecular complexity index is 203. The highest BCUT2D eigenvalue weighted by molar-refractivity contribution is 7.59. The Labute approximate surface area is 72.4 Å². The van der Waals surface area contributed by atoms with Gasteiger partial charge in [0.05, 0.1) is 12.1 Å². The summed E-state index contributed by atoms with van der Waals surface area (Å²) in [5.41, 5.74) is 0. The highest BCUT2D eigenvalue weighted by Gasteiger charge is 1.93. The molecule has 1 rings (SSSR count). The number of para-hydroxylation sites is 1. The molecule has 1 nitrogen and oxygen atoms in total. The van der Waals surface area contributed by atoms with E-state index >= 15 is 0 Å². The predicted molar refractivity (Wildman–Crippen MR) is 48.4 cm³/mol.